The van der Waals surface area contributed by atoms with E-state index in [-0.39, 0.29) is 6.10 Å². The van der Waals surface area contributed by atoms with E-state index in [1.54, 1.807) is 0 Å². The van der Waals surface area contributed by atoms with Crippen molar-refractivity contribution >= 4 is 11.6 Å². The molecule has 1 aromatic carbocycles. The molecule has 0 atom stereocenters. The number of rotatable bonds is 6. The normalized spacial score (nSPS) is 11.2. The molecule has 0 fully saturated rings. The van der Waals surface area contributed by atoms with Gasteiger partial charge in [0, 0.05) is 6.54 Å². The van der Waals surface area contributed by atoms with Gasteiger partial charge in [0.1, 0.15) is 5.75 Å². The Bertz CT molecular complexity index is 350. The zero-order valence-electron chi connectivity index (χ0n) is 11.1. The van der Waals surface area contributed by atoms with E-state index < -0.39 is 0 Å². The molecule has 0 saturated carbocycles. The van der Waals surface area contributed by atoms with E-state index in [2.05, 4.69) is 25.2 Å². The number of hydrogen-bond donors (Lipinski definition) is 1. The standard InChI is InChI=1S/C14H22ClNO/c1-10(2)8-16-9-12-5-6-14(13(15)7-12)17-11(3)4/h5-7,10-11,16H,8-9H2,1-4H3. The third-order valence-electron chi connectivity index (χ3n) is 2.24. The van der Waals surface area contributed by atoms with Crippen molar-refractivity contribution < 1.29 is 4.74 Å². The monoisotopic (exact) mass is 255 g/mol. The molecule has 3 heteroatoms. The van der Waals surface area contributed by atoms with Gasteiger partial charge in [0.2, 0.25) is 0 Å². The molecule has 0 heterocycles. The molecule has 0 unspecified atom stereocenters. The van der Waals surface area contributed by atoms with Gasteiger partial charge in [-0.25, -0.2) is 0 Å². The van der Waals surface area contributed by atoms with E-state index in [9.17, 15) is 0 Å². The molecule has 1 N–H and O–H groups in total. The van der Waals surface area contributed by atoms with Crippen LogP contribution < -0.4 is 10.1 Å². The molecular weight excluding hydrogens is 234 g/mol. The summed E-state index contributed by atoms with van der Waals surface area (Å²) >= 11 is 6.16. The minimum atomic E-state index is 0.150. The SMILES string of the molecule is CC(C)CNCc1ccc(OC(C)C)c(Cl)c1. The number of hydrogen-bond acceptors (Lipinski definition) is 2. The van der Waals surface area contributed by atoms with Crippen LogP contribution in [0.15, 0.2) is 18.2 Å². The lowest BCUT2D eigenvalue weighted by molar-refractivity contribution is 0.242. The maximum atomic E-state index is 6.16. The largest absolute Gasteiger partial charge is 0.489 e. The fraction of sp³-hybridized carbons (Fsp3) is 0.571. The molecule has 0 aliphatic carbocycles. The van der Waals surface area contributed by atoms with Crippen LogP contribution in [0.4, 0.5) is 0 Å². The lowest BCUT2D eigenvalue weighted by Crippen LogP contribution is -2.18. The Labute approximate surface area is 109 Å². The minimum absolute atomic E-state index is 0.150. The average molecular weight is 256 g/mol. The first-order chi connectivity index (χ1) is 7.99. The second-order valence-electron chi connectivity index (χ2n) is 4.96. The van der Waals surface area contributed by atoms with E-state index in [0.29, 0.717) is 10.9 Å². The minimum Gasteiger partial charge on any atom is -0.489 e. The first kappa shape index (κ1) is 14.3. The van der Waals surface area contributed by atoms with Crippen LogP contribution in [0.5, 0.6) is 5.75 Å². The van der Waals surface area contributed by atoms with Crippen LogP contribution in [0.25, 0.3) is 0 Å². The van der Waals surface area contributed by atoms with Gasteiger partial charge in [0.25, 0.3) is 0 Å². The second kappa shape index (κ2) is 6.87. The Morgan fingerprint density at radius 3 is 2.47 bits per heavy atom. The number of ether oxygens (including phenoxy) is 1. The van der Waals surface area contributed by atoms with Crippen molar-refractivity contribution in [2.45, 2.75) is 40.3 Å². The third kappa shape index (κ3) is 5.42. The molecule has 1 rings (SSSR count). The first-order valence-corrected chi connectivity index (χ1v) is 6.52. The second-order valence-corrected chi connectivity index (χ2v) is 5.36. The highest BCUT2D eigenvalue weighted by Gasteiger charge is 2.05. The summed E-state index contributed by atoms with van der Waals surface area (Å²) in [5.74, 6) is 1.42. The Balaban J connectivity index is 2.56. The summed E-state index contributed by atoms with van der Waals surface area (Å²) < 4.78 is 5.59. The predicted octanol–water partition coefficient (Wildman–Crippen LogP) is 3.87. The molecule has 1 aromatic rings. The fourth-order valence-corrected chi connectivity index (χ4v) is 1.76. The average Bonchev–Trinajstić information content (AvgIpc) is 2.21. The Morgan fingerprint density at radius 2 is 1.94 bits per heavy atom. The van der Waals surface area contributed by atoms with E-state index in [1.165, 1.54) is 5.56 Å². The van der Waals surface area contributed by atoms with Crippen molar-refractivity contribution in [3.8, 4) is 5.75 Å². The fourth-order valence-electron chi connectivity index (χ4n) is 1.51. The van der Waals surface area contributed by atoms with Gasteiger partial charge in [0.15, 0.2) is 0 Å². The van der Waals surface area contributed by atoms with Crippen molar-refractivity contribution in [2.75, 3.05) is 6.54 Å². The number of nitrogens with one attached hydrogen (secondary N) is 1. The van der Waals surface area contributed by atoms with Crippen LogP contribution in [0, 0.1) is 5.92 Å². The van der Waals surface area contributed by atoms with Gasteiger partial charge in [0.05, 0.1) is 11.1 Å². The summed E-state index contributed by atoms with van der Waals surface area (Å²) in [4.78, 5) is 0. The van der Waals surface area contributed by atoms with E-state index in [1.807, 2.05) is 26.0 Å². The van der Waals surface area contributed by atoms with E-state index >= 15 is 0 Å². The number of benzene rings is 1. The Kier molecular flexibility index (Phi) is 5.79. The molecule has 0 aliphatic heterocycles. The highest BCUT2D eigenvalue weighted by atomic mass is 35.5. The van der Waals surface area contributed by atoms with Crippen LogP contribution in [-0.2, 0) is 6.54 Å². The molecule has 0 amide bonds. The van der Waals surface area contributed by atoms with E-state index in [0.717, 1.165) is 18.8 Å². The van der Waals surface area contributed by atoms with Gasteiger partial charge in [-0.3, -0.25) is 0 Å². The first-order valence-electron chi connectivity index (χ1n) is 6.15. The van der Waals surface area contributed by atoms with Gasteiger partial charge in [-0.2, -0.15) is 0 Å². The van der Waals surface area contributed by atoms with Crippen molar-refractivity contribution in [2.24, 2.45) is 5.92 Å². The van der Waals surface area contributed by atoms with Crippen molar-refractivity contribution in [3.05, 3.63) is 28.8 Å². The molecule has 17 heavy (non-hydrogen) atoms. The molecule has 0 bridgehead atoms. The summed E-state index contributed by atoms with van der Waals surface area (Å²) in [6.45, 7) is 10.2. The summed E-state index contributed by atoms with van der Waals surface area (Å²) in [7, 11) is 0. The smallest absolute Gasteiger partial charge is 0.138 e. The molecule has 96 valence electrons. The van der Waals surface area contributed by atoms with Crippen LogP contribution in [0.1, 0.15) is 33.3 Å². The zero-order valence-corrected chi connectivity index (χ0v) is 11.8. The van der Waals surface area contributed by atoms with Crippen LogP contribution in [0.2, 0.25) is 5.02 Å². The molecule has 0 radical (unpaired) electrons. The van der Waals surface area contributed by atoms with Gasteiger partial charge < -0.3 is 10.1 Å². The quantitative estimate of drug-likeness (QED) is 0.833. The highest BCUT2D eigenvalue weighted by molar-refractivity contribution is 6.32. The lowest BCUT2D eigenvalue weighted by Gasteiger charge is -2.13. The van der Waals surface area contributed by atoms with Crippen LogP contribution in [-0.4, -0.2) is 12.6 Å². The molecule has 0 saturated heterocycles. The number of halogens is 1. The summed E-state index contributed by atoms with van der Waals surface area (Å²) in [6.07, 6.45) is 0.150. The summed E-state index contributed by atoms with van der Waals surface area (Å²) in [5.41, 5.74) is 1.19. The van der Waals surface area contributed by atoms with E-state index in [4.69, 9.17) is 16.3 Å². The van der Waals surface area contributed by atoms with Crippen LogP contribution >= 0.6 is 11.6 Å². The molecular formula is C14H22ClNO. The molecule has 2 nitrogen and oxygen atoms in total. The van der Waals surface area contributed by atoms with Gasteiger partial charge in [-0.1, -0.05) is 31.5 Å². The van der Waals surface area contributed by atoms with Crippen molar-refractivity contribution in [1.82, 2.24) is 5.32 Å². The maximum absolute atomic E-state index is 6.16. The summed E-state index contributed by atoms with van der Waals surface area (Å²) in [6, 6.07) is 5.96. The Morgan fingerprint density at radius 1 is 1.24 bits per heavy atom. The van der Waals surface area contributed by atoms with Gasteiger partial charge in [-0.15, -0.1) is 0 Å². The lowest BCUT2D eigenvalue weighted by atomic mass is 10.2. The summed E-state index contributed by atoms with van der Waals surface area (Å²) in [5, 5.41) is 4.07. The van der Waals surface area contributed by atoms with Crippen LogP contribution in [0.3, 0.4) is 0 Å². The molecule has 0 aliphatic rings. The topological polar surface area (TPSA) is 21.3 Å². The molecule has 0 spiro atoms. The Hall–Kier alpha value is -0.730. The van der Waals surface area contributed by atoms with Gasteiger partial charge >= 0.3 is 0 Å². The molecule has 0 aromatic heterocycles. The van der Waals surface area contributed by atoms with Crippen molar-refractivity contribution in [1.29, 1.82) is 0 Å². The zero-order chi connectivity index (χ0) is 12.8. The highest BCUT2D eigenvalue weighted by Crippen LogP contribution is 2.26. The maximum Gasteiger partial charge on any atom is 0.138 e. The third-order valence-corrected chi connectivity index (χ3v) is 2.54. The van der Waals surface area contributed by atoms with Crippen molar-refractivity contribution in [3.63, 3.8) is 0 Å². The predicted molar refractivity (Wildman–Crippen MR) is 73.8 cm³/mol. The van der Waals surface area contributed by atoms with Gasteiger partial charge in [-0.05, 0) is 44.0 Å².